The lowest BCUT2D eigenvalue weighted by molar-refractivity contribution is -0.0807. The molecule has 3 nitrogen and oxygen atoms in total. The highest BCUT2D eigenvalue weighted by Gasteiger charge is 2.62. The van der Waals surface area contributed by atoms with Crippen molar-refractivity contribution in [1.82, 2.24) is 4.31 Å². The number of fused-ring (bicyclic) bond motifs is 1. The molecule has 0 aromatic heterocycles. The summed E-state index contributed by atoms with van der Waals surface area (Å²) in [6, 6.07) is 7.13. The molecular weight excluding hydrogens is 270 g/mol. The van der Waals surface area contributed by atoms with Gasteiger partial charge in [-0.2, -0.15) is 4.31 Å². The zero-order valence-electron chi connectivity index (χ0n) is 12.3. The summed E-state index contributed by atoms with van der Waals surface area (Å²) < 4.78 is 27.3. The van der Waals surface area contributed by atoms with E-state index >= 15 is 0 Å². The molecule has 0 spiro atoms. The Bertz CT molecular complexity index is 662. The van der Waals surface area contributed by atoms with E-state index < -0.39 is 10.0 Å². The molecule has 4 heteroatoms. The summed E-state index contributed by atoms with van der Waals surface area (Å²) >= 11 is 0. The first kappa shape index (κ1) is 13.8. The minimum Gasteiger partial charge on any atom is -0.207 e. The van der Waals surface area contributed by atoms with E-state index in [1.54, 1.807) is 16.4 Å². The molecule has 1 fully saturated rings. The number of aryl methyl sites for hydroxylation is 1. The molecule has 3 rings (SSSR count). The molecule has 2 aliphatic rings. The molecule has 1 heterocycles. The number of benzene rings is 1. The molecule has 1 aliphatic carbocycles. The molecule has 0 saturated carbocycles. The van der Waals surface area contributed by atoms with Crippen molar-refractivity contribution in [1.29, 1.82) is 0 Å². The van der Waals surface area contributed by atoms with E-state index in [0.29, 0.717) is 11.4 Å². The topological polar surface area (TPSA) is 37.4 Å². The van der Waals surface area contributed by atoms with E-state index in [0.717, 1.165) is 18.4 Å². The second-order valence-electron chi connectivity index (χ2n) is 6.54. The zero-order chi connectivity index (χ0) is 14.6. The Hall–Kier alpha value is -1.13. The molecule has 1 aromatic rings. The summed E-state index contributed by atoms with van der Waals surface area (Å²) in [6.07, 6.45) is 6.05. The minimum absolute atomic E-state index is 0.0690. The number of rotatable bonds is 2. The molecule has 1 aliphatic heterocycles. The van der Waals surface area contributed by atoms with E-state index in [9.17, 15) is 8.42 Å². The Morgan fingerprint density at radius 3 is 2.25 bits per heavy atom. The van der Waals surface area contributed by atoms with Gasteiger partial charge in [0.2, 0.25) is 10.0 Å². The summed E-state index contributed by atoms with van der Waals surface area (Å²) in [5.74, 6) is 0. The largest absolute Gasteiger partial charge is 0.243 e. The first-order valence-electron chi connectivity index (χ1n) is 7.04. The van der Waals surface area contributed by atoms with Crippen LogP contribution in [0.15, 0.2) is 41.3 Å². The second kappa shape index (κ2) is 4.18. The standard InChI is InChI=1S/C16H21NO2S/c1-13-6-8-14(9-7-13)20(18,19)17-12-15(2)10-4-5-11-16(15,17)3/h4-9H,10-12H2,1-3H3/t15-,16+/m0/s1. The summed E-state index contributed by atoms with van der Waals surface area (Å²) in [4.78, 5) is 0.404. The van der Waals surface area contributed by atoms with Gasteiger partial charge in [-0.15, -0.1) is 0 Å². The Morgan fingerprint density at radius 1 is 1.05 bits per heavy atom. The van der Waals surface area contributed by atoms with Gasteiger partial charge in [-0.25, -0.2) is 8.42 Å². The summed E-state index contributed by atoms with van der Waals surface area (Å²) in [7, 11) is -3.39. The van der Waals surface area contributed by atoms with Crippen molar-refractivity contribution in [3.05, 3.63) is 42.0 Å². The number of sulfonamides is 1. The van der Waals surface area contributed by atoms with Crippen LogP contribution in [0.25, 0.3) is 0 Å². The average Bonchev–Trinajstić information content (AvgIpc) is 2.39. The molecular formula is C16H21NO2S. The predicted molar refractivity (Wildman–Crippen MR) is 80.0 cm³/mol. The van der Waals surface area contributed by atoms with Gasteiger partial charge in [-0.1, -0.05) is 36.8 Å². The van der Waals surface area contributed by atoms with Crippen molar-refractivity contribution in [3.63, 3.8) is 0 Å². The lowest BCUT2D eigenvalue weighted by Gasteiger charge is -2.64. The van der Waals surface area contributed by atoms with E-state index in [1.807, 2.05) is 19.1 Å². The Kier molecular flexibility index (Phi) is 2.89. The van der Waals surface area contributed by atoms with Crippen LogP contribution in [0, 0.1) is 12.3 Å². The van der Waals surface area contributed by atoms with Crippen molar-refractivity contribution in [3.8, 4) is 0 Å². The highest BCUT2D eigenvalue weighted by molar-refractivity contribution is 7.89. The van der Waals surface area contributed by atoms with Gasteiger partial charge in [0, 0.05) is 17.5 Å². The van der Waals surface area contributed by atoms with Crippen molar-refractivity contribution in [2.75, 3.05) is 6.54 Å². The van der Waals surface area contributed by atoms with Crippen LogP contribution >= 0.6 is 0 Å². The van der Waals surface area contributed by atoms with E-state index in [-0.39, 0.29) is 11.0 Å². The van der Waals surface area contributed by atoms with Gasteiger partial charge < -0.3 is 0 Å². The molecule has 0 amide bonds. The van der Waals surface area contributed by atoms with Crippen molar-refractivity contribution in [2.45, 2.75) is 44.0 Å². The highest BCUT2D eigenvalue weighted by Crippen LogP contribution is 2.55. The van der Waals surface area contributed by atoms with Gasteiger partial charge in [-0.05, 0) is 38.8 Å². The first-order chi connectivity index (χ1) is 9.30. The van der Waals surface area contributed by atoms with Gasteiger partial charge in [0.1, 0.15) is 0 Å². The van der Waals surface area contributed by atoms with Gasteiger partial charge >= 0.3 is 0 Å². The number of allylic oxidation sites excluding steroid dienone is 1. The van der Waals surface area contributed by atoms with Crippen LogP contribution in [-0.4, -0.2) is 24.8 Å². The molecule has 1 aromatic carbocycles. The fraction of sp³-hybridized carbons (Fsp3) is 0.500. The van der Waals surface area contributed by atoms with Crippen molar-refractivity contribution >= 4 is 10.0 Å². The summed E-state index contributed by atoms with van der Waals surface area (Å²) in [6.45, 7) is 6.85. The highest BCUT2D eigenvalue weighted by atomic mass is 32.2. The zero-order valence-corrected chi connectivity index (χ0v) is 13.1. The predicted octanol–water partition coefficient (Wildman–Crippen LogP) is 3.11. The van der Waals surface area contributed by atoms with Crippen LogP contribution in [0.3, 0.4) is 0 Å². The second-order valence-corrected chi connectivity index (χ2v) is 8.40. The normalized spacial score (nSPS) is 33.5. The average molecular weight is 291 g/mol. The molecule has 1 saturated heterocycles. The Labute approximate surface area is 121 Å². The molecule has 0 radical (unpaired) electrons. The molecule has 20 heavy (non-hydrogen) atoms. The monoisotopic (exact) mass is 291 g/mol. The van der Waals surface area contributed by atoms with Crippen LogP contribution in [0.1, 0.15) is 32.3 Å². The van der Waals surface area contributed by atoms with Crippen molar-refractivity contribution in [2.24, 2.45) is 5.41 Å². The van der Waals surface area contributed by atoms with Gasteiger partial charge in [0.25, 0.3) is 0 Å². The van der Waals surface area contributed by atoms with Crippen LogP contribution in [0.5, 0.6) is 0 Å². The van der Waals surface area contributed by atoms with Crippen molar-refractivity contribution < 1.29 is 8.42 Å². The third-order valence-electron chi connectivity index (χ3n) is 5.20. The fourth-order valence-corrected chi connectivity index (χ4v) is 5.36. The van der Waals surface area contributed by atoms with Gasteiger partial charge in [-0.3, -0.25) is 0 Å². The number of hydrogen-bond donors (Lipinski definition) is 0. The molecule has 0 bridgehead atoms. The minimum atomic E-state index is -3.39. The van der Waals surface area contributed by atoms with Gasteiger partial charge in [0.05, 0.1) is 4.90 Å². The van der Waals surface area contributed by atoms with E-state index in [1.165, 1.54) is 0 Å². The van der Waals surface area contributed by atoms with Gasteiger partial charge in [0.15, 0.2) is 0 Å². The van der Waals surface area contributed by atoms with Crippen LogP contribution in [0.4, 0.5) is 0 Å². The maximum atomic E-state index is 12.8. The van der Waals surface area contributed by atoms with E-state index in [2.05, 4.69) is 26.0 Å². The first-order valence-corrected chi connectivity index (χ1v) is 8.48. The SMILES string of the molecule is Cc1ccc(S(=O)(=O)N2C[C@]3(C)CC=CC[C@@]23C)cc1. The Morgan fingerprint density at radius 2 is 1.65 bits per heavy atom. The third-order valence-corrected chi connectivity index (χ3v) is 7.18. The smallest absolute Gasteiger partial charge is 0.207 e. The molecule has 0 unspecified atom stereocenters. The number of nitrogens with zero attached hydrogens (tertiary/aromatic N) is 1. The number of hydrogen-bond acceptors (Lipinski definition) is 2. The lowest BCUT2D eigenvalue weighted by atomic mass is 9.59. The quantitative estimate of drug-likeness (QED) is 0.785. The maximum absolute atomic E-state index is 12.8. The third kappa shape index (κ3) is 1.71. The molecule has 108 valence electrons. The van der Waals surface area contributed by atoms with Crippen LogP contribution in [0.2, 0.25) is 0 Å². The molecule has 0 N–H and O–H groups in total. The maximum Gasteiger partial charge on any atom is 0.243 e. The summed E-state index contributed by atoms with van der Waals surface area (Å²) in [5.41, 5.74) is 0.856. The molecule has 2 atom stereocenters. The Balaban J connectivity index is 1.98. The van der Waals surface area contributed by atoms with Crippen LogP contribution in [-0.2, 0) is 10.0 Å². The van der Waals surface area contributed by atoms with Crippen LogP contribution < -0.4 is 0 Å². The van der Waals surface area contributed by atoms with E-state index in [4.69, 9.17) is 0 Å². The summed E-state index contributed by atoms with van der Waals surface area (Å²) in [5, 5.41) is 0. The fourth-order valence-electron chi connectivity index (χ4n) is 3.35. The lowest BCUT2D eigenvalue weighted by Crippen LogP contribution is -2.73.